The van der Waals surface area contributed by atoms with E-state index in [0.29, 0.717) is 6.61 Å². The van der Waals surface area contributed by atoms with Gasteiger partial charge in [-0.1, -0.05) is 32.0 Å². The molecule has 3 N–H and O–H groups in total. The number of hydrogen-bond donors (Lipinski definition) is 3. The van der Waals surface area contributed by atoms with E-state index in [0.717, 1.165) is 50.5 Å². The monoisotopic (exact) mass is 475 g/mol. The van der Waals surface area contributed by atoms with Crippen molar-refractivity contribution >= 4 is 29.9 Å². The van der Waals surface area contributed by atoms with Crippen LogP contribution >= 0.6 is 24.0 Å². The second-order valence-corrected chi connectivity index (χ2v) is 6.75. The highest BCUT2D eigenvalue weighted by molar-refractivity contribution is 14.0. The van der Waals surface area contributed by atoms with Crippen molar-refractivity contribution in [3.05, 3.63) is 29.8 Å². The Morgan fingerprint density at radius 1 is 1.27 bits per heavy atom. The van der Waals surface area contributed by atoms with E-state index in [1.54, 1.807) is 0 Å². The summed E-state index contributed by atoms with van der Waals surface area (Å²) in [6, 6.07) is 8.40. The fourth-order valence-corrected chi connectivity index (χ4v) is 3.37. The molecule has 1 aromatic carbocycles. The number of aliphatic hydroxyl groups is 1. The topological polar surface area (TPSA) is 65.9 Å². The van der Waals surface area contributed by atoms with E-state index in [9.17, 15) is 5.11 Å². The minimum absolute atomic E-state index is 0. The van der Waals surface area contributed by atoms with E-state index < -0.39 is 0 Å². The molecule has 0 saturated heterocycles. The lowest BCUT2D eigenvalue weighted by Gasteiger charge is -2.31. The second kappa shape index (κ2) is 11.6. The Labute approximate surface area is 175 Å². The van der Waals surface area contributed by atoms with Gasteiger partial charge in [-0.05, 0) is 37.7 Å². The fourth-order valence-electron chi connectivity index (χ4n) is 3.37. The summed E-state index contributed by atoms with van der Waals surface area (Å²) in [7, 11) is 0. The third kappa shape index (κ3) is 6.01. The highest BCUT2D eigenvalue weighted by Gasteiger charge is 2.26. The number of nitrogens with one attached hydrogen (secondary N) is 2. The van der Waals surface area contributed by atoms with Crippen LogP contribution in [0.3, 0.4) is 0 Å². The first kappa shape index (κ1) is 23.0. The zero-order valence-corrected chi connectivity index (χ0v) is 18.6. The zero-order chi connectivity index (χ0) is 18.1. The van der Waals surface area contributed by atoms with E-state index in [1.807, 2.05) is 18.2 Å². The van der Waals surface area contributed by atoms with Crippen molar-refractivity contribution in [2.24, 2.45) is 10.4 Å². The van der Waals surface area contributed by atoms with Crippen molar-refractivity contribution in [1.82, 2.24) is 10.6 Å². The molecular weight excluding hydrogens is 441 g/mol. The summed E-state index contributed by atoms with van der Waals surface area (Å²) in [5.41, 5.74) is 1.26. The molecule has 2 rings (SSSR count). The van der Waals surface area contributed by atoms with Crippen LogP contribution in [-0.4, -0.2) is 37.4 Å². The minimum Gasteiger partial charge on any atom is -0.493 e. The third-order valence-electron chi connectivity index (χ3n) is 5.33. The molecule has 0 aliphatic carbocycles. The first-order valence-electron chi connectivity index (χ1n) is 9.55. The summed E-state index contributed by atoms with van der Waals surface area (Å²) in [6.07, 6.45) is 3.76. The van der Waals surface area contributed by atoms with E-state index in [4.69, 9.17) is 9.73 Å². The van der Waals surface area contributed by atoms with Gasteiger partial charge in [0.15, 0.2) is 5.96 Å². The minimum atomic E-state index is 0. The highest BCUT2D eigenvalue weighted by Crippen LogP contribution is 2.32. The molecule has 0 spiro atoms. The molecule has 1 aliphatic rings. The van der Waals surface area contributed by atoms with Gasteiger partial charge in [-0.25, -0.2) is 0 Å². The number of ether oxygens (including phenoxy) is 1. The number of fused-ring (bicyclic) bond motifs is 1. The van der Waals surface area contributed by atoms with Crippen LogP contribution in [-0.2, 0) is 0 Å². The summed E-state index contributed by atoms with van der Waals surface area (Å²) < 4.78 is 5.75. The molecule has 5 nitrogen and oxygen atoms in total. The number of benzene rings is 1. The molecule has 1 aromatic rings. The van der Waals surface area contributed by atoms with Crippen LogP contribution in [0, 0.1) is 5.41 Å². The molecule has 0 aromatic heterocycles. The molecule has 0 bridgehead atoms. The van der Waals surface area contributed by atoms with Gasteiger partial charge in [0.2, 0.25) is 0 Å². The lowest BCUT2D eigenvalue weighted by Crippen LogP contribution is -2.42. The number of rotatable bonds is 8. The maximum absolute atomic E-state index is 9.41. The molecule has 1 atom stereocenters. The average molecular weight is 475 g/mol. The fraction of sp³-hybridized carbons (Fsp3) is 0.650. The average Bonchev–Trinajstić information content (AvgIpc) is 2.65. The molecule has 26 heavy (non-hydrogen) atoms. The predicted octanol–water partition coefficient (Wildman–Crippen LogP) is 3.87. The van der Waals surface area contributed by atoms with Crippen molar-refractivity contribution in [3.63, 3.8) is 0 Å². The Morgan fingerprint density at radius 3 is 2.65 bits per heavy atom. The van der Waals surface area contributed by atoms with E-state index in [1.165, 1.54) is 5.56 Å². The van der Waals surface area contributed by atoms with Gasteiger partial charge >= 0.3 is 0 Å². The van der Waals surface area contributed by atoms with Crippen LogP contribution in [0.4, 0.5) is 0 Å². The number of aliphatic imine (C=N–C) groups is 1. The lowest BCUT2D eigenvalue weighted by atomic mass is 9.79. The van der Waals surface area contributed by atoms with Crippen LogP contribution in [0.2, 0.25) is 0 Å². The predicted molar refractivity (Wildman–Crippen MR) is 119 cm³/mol. The highest BCUT2D eigenvalue weighted by atomic mass is 127. The van der Waals surface area contributed by atoms with Crippen LogP contribution in [0.1, 0.15) is 58.1 Å². The summed E-state index contributed by atoms with van der Waals surface area (Å²) >= 11 is 0. The summed E-state index contributed by atoms with van der Waals surface area (Å²) in [6.45, 7) is 8.92. The van der Waals surface area contributed by atoms with Crippen LogP contribution in [0.5, 0.6) is 5.75 Å². The molecule has 0 saturated carbocycles. The van der Waals surface area contributed by atoms with Crippen molar-refractivity contribution < 1.29 is 9.84 Å². The van der Waals surface area contributed by atoms with Crippen molar-refractivity contribution in [2.75, 3.05) is 26.3 Å². The number of aliphatic hydroxyl groups excluding tert-OH is 1. The smallest absolute Gasteiger partial charge is 0.191 e. The lowest BCUT2D eigenvalue weighted by molar-refractivity contribution is 0.175. The van der Waals surface area contributed by atoms with Crippen LogP contribution in [0.25, 0.3) is 0 Å². The van der Waals surface area contributed by atoms with Gasteiger partial charge in [-0.15, -0.1) is 24.0 Å². The van der Waals surface area contributed by atoms with Crippen molar-refractivity contribution in [3.8, 4) is 5.75 Å². The maximum Gasteiger partial charge on any atom is 0.191 e. The standard InChI is InChI=1S/C20H33N3O2.HI/c1-4-20(5-2,12-13-24)15-22-19(21-6-3)23-17-11-14-25-18-10-8-7-9-16(17)18;/h7-10,17,24H,4-6,11-15H2,1-3H3,(H2,21,22,23);1H. The SMILES string of the molecule is CCNC(=NCC(CC)(CC)CCO)NC1CCOc2ccccc21.I. The number of nitrogens with zero attached hydrogens (tertiary/aromatic N) is 1. The Hall–Kier alpha value is -1.02. The molecule has 1 aliphatic heterocycles. The number of guanidine groups is 1. The molecule has 148 valence electrons. The van der Waals surface area contributed by atoms with Gasteiger partial charge < -0.3 is 20.5 Å². The van der Waals surface area contributed by atoms with Crippen molar-refractivity contribution in [1.29, 1.82) is 0 Å². The number of halogens is 1. The molecule has 0 radical (unpaired) electrons. The van der Waals surface area contributed by atoms with Crippen LogP contribution in [0.15, 0.2) is 29.3 Å². The van der Waals surface area contributed by atoms with Gasteiger partial charge in [0.25, 0.3) is 0 Å². The van der Waals surface area contributed by atoms with Crippen molar-refractivity contribution in [2.45, 2.75) is 52.5 Å². The van der Waals surface area contributed by atoms with Gasteiger partial charge in [0.05, 0.1) is 12.6 Å². The number of hydrogen-bond acceptors (Lipinski definition) is 3. The maximum atomic E-state index is 9.41. The zero-order valence-electron chi connectivity index (χ0n) is 16.3. The number of para-hydroxylation sites is 1. The molecule has 1 unspecified atom stereocenters. The van der Waals surface area contributed by atoms with E-state index in [2.05, 4.69) is 37.5 Å². The molecule has 0 amide bonds. The molecule has 6 heteroatoms. The van der Waals surface area contributed by atoms with Gasteiger partial charge in [-0.2, -0.15) is 0 Å². The van der Waals surface area contributed by atoms with Gasteiger partial charge in [-0.3, -0.25) is 4.99 Å². The first-order valence-corrected chi connectivity index (χ1v) is 9.55. The third-order valence-corrected chi connectivity index (χ3v) is 5.33. The van der Waals surface area contributed by atoms with Gasteiger partial charge in [0, 0.05) is 31.7 Å². The quantitative estimate of drug-likeness (QED) is 0.304. The summed E-state index contributed by atoms with van der Waals surface area (Å²) in [4.78, 5) is 4.86. The normalized spacial score (nSPS) is 16.9. The Bertz CT molecular complexity index is 562. The van der Waals surface area contributed by atoms with E-state index in [-0.39, 0.29) is 42.0 Å². The van der Waals surface area contributed by atoms with Gasteiger partial charge in [0.1, 0.15) is 5.75 Å². The van der Waals surface area contributed by atoms with Crippen LogP contribution < -0.4 is 15.4 Å². The summed E-state index contributed by atoms with van der Waals surface area (Å²) in [5, 5.41) is 16.3. The van der Waals surface area contributed by atoms with E-state index >= 15 is 0 Å². The Morgan fingerprint density at radius 2 is 2.00 bits per heavy atom. The molecule has 1 heterocycles. The second-order valence-electron chi connectivity index (χ2n) is 6.75. The molecular formula is C20H34IN3O2. The molecule has 0 fully saturated rings. The largest absolute Gasteiger partial charge is 0.493 e. The first-order chi connectivity index (χ1) is 12.2. The summed E-state index contributed by atoms with van der Waals surface area (Å²) in [5.74, 6) is 1.80. The Kier molecular flexibility index (Phi) is 10.3. The Balaban J connectivity index is 0.00000338.